The van der Waals surface area contributed by atoms with Gasteiger partial charge in [0.25, 0.3) is 0 Å². The molecule has 0 saturated carbocycles. The molecule has 0 spiro atoms. The van der Waals surface area contributed by atoms with E-state index in [1.165, 1.54) is 29.1 Å². The van der Waals surface area contributed by atoms with Gasteiger partial charge in [0.1, 0.15) is 0 Å². The summed E-state index contributed by atoms with van der Waals surface area (Å²) in [5, 5.41) is 0.510. The second-order valence-corrected chi connectivity index (χ2v) is 17.4. The van der Waals surface area contributed by atoms with Crippen LogP contribution in [-0.4, -0.2) is 19.2 Å². The molecule has 0 amide bonds. The molecule has 0 aliphatic carbocycles. The first-order chi connectivity index (χ1) is 18.1. The summed E-state index contributed by atoms with van der Waals surface area (Å²) in [6.07, 6.45) is 5.53. The molecule has 4 heteroatoms. The van der Waals surface area contributed by atoms with Gasteiger partial charge in [-0.1, -0.05) is 0 Å². The summed E-state index contributed by atoms with van der Waals surface area (Å²) < 4.78 is 4.73. The van der Waals surface area contributed by atoms with Crippen molar-refractivity contribution in [2.24, 2.45) is 0 Å². The third-order valence-electron chi connectivity index (χ3n) is 6.26. The Balaban J connectivity index is 1.90. The van der Waals surface area contributed by atoms with Crippen LogP contribution >= 0.6 is 20.8 Å². The van der Waals surface area contributed by atoms with Crippen LogP contribution in [0.5, 0.6) is 0 Å². The van der Waals surface area contributed by atoms with E-state index in [4.69, 9.17) is 4.74 Å². The molecular weight excluding hydrogens is 539 g/mol. The summed E-state index contributed by atoms with van der Waals surface area (Å²) in [4.78, 5) is 11.6. The van der Waals surface area contributed by atoms with Crippen molar-refractivity contribution in [2.45, 2.75) is 0 Å². The van der Waals surface area contributed by atoms with Gasteiger partial charge in [-0.3, -0.25) is 0 Å². The van der Waals surface area contributed by atoms with Gasteiger partial charge in [0.15, 0.2) is 0 Å². The van der Waals surface area contributed by atoms with E-state index < -0.39 is 11.3 Å². The number of hydrogen-bond acceptors (Lipinski definition) is 2. The molecule has 0 N–H and O–H groups in total. The number of methoxy groups -OCH3 is 1. The molecule has 37 heavy (non-hydrogen) atoms. The van der Waals surface area contributed by atoms with E-state index in [0.29, 0.717) is 6.16 Å². The molecule has 0 heterocycles. The van der Waals surface area contributed by atoms with Gasteiger partial charge in [-0.2, -0.15) is 0 Å². The van der Waals surface area contributed by atoms with Crippen LogP contribution in [0.4, 0.5) is 0 Å². The van der Waals surface area contributed by atoms with Crippen LogP contribution in [0.1, 0.15) is 5.56 Å². The molecule has 4 aromatic carbocycles. The van der Waals surface area contributed by atoms with Gasteiger partial charge in [-0.25, -0.2) is 0 Å². The topological polar surface area (TPSA) is 26.3 Å². The van der Waals surface area contributed by atoms with Gasteiger partial charge in [0.2, 0.25) is 0 Å². The summed E-state index contributed by atoms with van der Waals surface area (Å²) in [7, 11) is 1.37. The number of benzene rings is 4. The van der Waals surface area contributed by atoms with E-state index in [9.17, 15) is 4.79 Å². The summed E-state index contributed by atoms with van der Waals surface area (Å²) in [5.74, 6) is 6.58. The summed E-state index contributed by atoms with van der Waals surface area (Å²) in [6, 6.07) is 41.8. The Kier molecular flexibility index (Phi) is 8.57. The molecule has 0 aliphatic rings. The zero-order chi connectivity index (χ0) is 26.0. The second-order valence-electron chi connectivity index (χ2n) is 8.48. The van der Waals surface area contributed by atoms with Gasteiger partial charge in [0.05, 0.1) is 0 Å². The number of carbonyl (C=O) groups is 1. The summed E-state index contributed by atoms with van der Waals surface area (Å²) in [5.41, 5.74) is 1.81. The molecule has 0 radical (unpaired) electrons. The number of carbonyl (C=O) groups excluding carboxylic acids is 1. The van der Waals surface area contributed by atoms with Gasteiger partial charge in [-0.05, 0) is 0 Å². The predicted molar refractivity (Wildman–Crippen MR) is 162 cm³/mol. The number of ether oxygens (including phenoxy) is 1. The third-order valence-corrected chi connectivity index (χ3v) is 15.6. The molecule has 0 atom stereocenters. The van der Waals surface area contributed by atoms with Crippen molar-refractivity contribution in [3.8, 4) is 11.8 Å². The number of rotatable bonds is 7. The average molecular weight is 567 g/mol. The fourth-order valence-corrected chi connectivity index (χ4v) is 11.0. The van der Waals surface area contributed by atoms with Crippen molar-refractivity contribution in [1.29, 1.82) is 0 Å². The van der Waals surface area contributed by atoms with Gasteiger partial charge in [0, 0.05) is 0 Å². The van der Waals surface area contributed by atoms with Crippen molar-refractivity contribution < 1.29 is 9.53 Å². The molecule has 0 saturated heterocycles. The Morgan fingerprint density at radius 1 is 0.757 bits per heavy atom. The maximum absolute atomic E-state index is 11.6. The molecule has 4 rings (SSSR count). The van der Waals surface area contributed by atoms with Crippen molar-refractivity contribution in [1.82, 2.24) is 0 Å². The van der Waals surface area contributed by atoms with Crippen LogP contribution in [0.3, 0.4) is 0 Å². The molecule has 0 fully saturated rings. The second kappa shape index (κ2) is 12.0. The molecule has 0 bridgehead atoms. The van der Waals surface area contributed by atoms with Crippen LogP contribution in [-0.2, 0) is 9.53 Å². The van der Waals surface area contributed by atoms with Crippen molar-refractivity contribution >= 4 is 48.3 Å². The van der Waals surface area contributed by atoms with Crippen LogP contribution in [0.25, 0.3) is 5.57 Å². The monoisotopic (exact) mass is 566 g/mol. The predicted octanol–water partition coefficient (Wildman–Crippen LogP) is 6.64. The van der Waals surface area contributed by atoms with Crippen LogP contribution in [0.15, 0.2) is 140 Å². The minimum atomic E-state index is -3.15. The first-order valence-electron chi connectivity index (χ1n) is 12.0. The van der Waals surface area contributed by atoms with Gasteiger partial charge < -0.3 is 0 Å². The first-order valence-corrected chi connectivity index (χ1v) is 16.4. The number of allylic oxidation sites excluding steroid dienone is 3. The Hall–Kier alpha value is -3.70. The van der Waals surface area contributed by atoms with Crippen molar-refractivity contribution in [3.05, 3.63) is 145 Å². The molecule has 0 unspecified atom stereocenters. The van der Waals surface area contributed by atoms with Crippen LogP contribution < -0.4 is 15.9 Å². The SMILES string of the molecule is COC(=O)/C=C/C=C(\C#CCP(Br)(c1ccccc1)(c1ccccc1)c1ccccc1)c1ccccc1. The third kappa shape index (κ3) is 5.67. The molecule has 0 aromatic heterocycles. The molecule has 184 valence electrons. The minimum absolute atomic E-state index is 0.403. The van der Waals surface area contributed by atoms with E-state index in [1.807, 2.05) is 54.6 Å². The zero-order valence-electron chi connectivity index (χ0n) is 20.6. The summed E-state index contributed by atoms with van der Waals surface area (Å²) in [6.45, 7) is 0. The number of hydrogen-bond donors (Lipinski definition) is 0. The summed E-state index contributed by atoms with van der Waals surface area (Å²) >= 11 is 4.44. The first kappa shape index (κ1) is 26.4. The average Bonchev–Trinajstić information content (AvgIpc) is 2.98. The quantitative estimate of drug-likeness (QED) is 0.0823. The Labute approximate surface area is 227 Å². The fraction of sp³-hybridized carbons (Fsp3) is 0.0606. The van der Waals surface area contributed by atoms with E-state index in [-0.39, 0.29) is 0 Å². The number of esters is 1. The van der Waals surface area contributed by atoms with Crippen LogP contribution in [0, 0.1) is 11.8 Å². The van der Waals surface area contributed by atoms with E-state index in [0.717, 1.165) is 11.1 Å². The molecule has 2 nitrogen and oxygen atoms in total. The van der Waals surface area contributed by atoms with Crippen LogP contribution in [0.2, 0.25) is 0 Å². The standard InChI is InChI=1S/C33H28BrO2P/c1-36-33(35)26-14-18-29(28-16-6-2-7-17-28)19-15-27-37(34,30-20-8-3-9-21-30,31-22-10-4-11-23-31)32-24-12-5-13-25-32/h2-14,16-18,20-26H,27H2,1H3/b26-14+,29-18+. The maximum atomic E-state index is 11.6. The molecular formula is C33H28BrO2P. The normalized spacial score (nSPS) is 12.7. The van der Waals surface area contributed by atoms with Gasteiger partial charge >= 0.3 is 228 Å². The Morgan fingerprint density at radius 2 is 1.19 bits per heavy atom. The zero-order valence-corrected chi connectivity index (χ0v) is 23.1. The van der Waals surface area contributed by atoms with E-state index >= 15 is 0 Å². The Morgan fingerprint density at radius 3 is 1.62 bits per heavy atom. The van der Waals surface area contributed by atoms with Crippen molar-refractivity contribution in [3.63, 3.8) is 0 Å². The van der Waals surface area contributed by atoms with E-state index in [2.05, 4.69) is 100 Å². The molecule has 0 aliphatic heterocycles. The number of halogens is 1. The Bertz CT molecular complexity index is 1350. The van der Waals surface area contributed by atoms with E-state index in [1.54, 1.807) is 6.08 Å². The molecule has 4 aromatic rings. The van der Waals surface area contributed by atoms with Gasteiger partial charge in [-0.15, -0.1) is 0 Å². The fourth-order valence-electron chi connectivity index (χ4n) is 4.34. The van der Waals surface area contributed by atoms with Crippen molar-refractivity contribution in [2.75, 3.05) is 13.3 Å².